The van der Waals surface area contributed by atoms with Crippen LogP contribution in [0.25, 0.3) is 0 Å². The predicted octanol–water partition coefficient (Wildman–Crippen LogP) is 2.75. The number of rotatable bonds is 6. The van der Waals surface area contributed by atoms with Gasteiger partial charge in [0.1, 0.15) is 0 Å². The Morgan fingerprint density at radius 3 is 2.77 bits per heavy atom. The number of hydrogen-bond acceptors (Lipinski definition) is 3. The van der Waals surface area contributed by atoms with Crippen LogP contribution in [-0.4, -0.2) is 12.6 Å². The molecule has 3 nitrogen and oxygen atoms in total. The van der Waals surface area contributed by atoms with Gasteiger partial charge in [-0.25, -0.2) is 0 Å². The molecule has 74 valence electrons. The summed E-state index contributed by atoms with van der Waals surface area (Å²) < 4.78 is 14.7. The van der Waals surface area contributed by atoms with E-state index in [0.29, 0.717) is 6.61 Å². The molecule has 0 fully saturated rings. The van der Waals surface area contributed by atoms with Gasteiger partial charge in [-0.15, -0.1) is 0 Å². The summed E-state index contributed by atoms with van der Waals surface area (Å²) in [4.78, 5) is 10.8. The van der Waals surface area contributed by atoms with Crippen molar-refractivity contribution in [3.8, 4) is 5.63 Å². The van der Waals surface area contributed by atoms with Gasteiger partial charge in [-0.2, -0.15) is 0 Å². The van der Waals surface area contributed by atoms with Crippen molar-refractivity contribution >= 4 is 13.9 Å². The van der Waals surface area contributed by atoms with Crippen molar-refractivity contribution in [1.29, 1.82) is 0 Å². The van der Waals surface area contributed by atoms with Crippen LogP contribution in [0.15, 0.2) is 0 Å². The first-order valence-corrected chi connectivity index (χ1v) is 5.33. The van der Waals surface area contributed by atoms with Gasteiger partial charge >= 0.3 is 79.2 Å². The van der Waals surface area contributed by atoms with Crippen molar-refractivity contribution in [2.75, 3.05) is 6.61 Å². The second kappa shape index (κ2) is 9.57. The van der Waals surface area contributed by atoms with Gasteiger partial charge in [0.2, 0.25) is 0 Å². The van der Waals surface area contributed by atoms with E-state index in [1.165, 1.54) is 12.8 Å². The predicted molar refractivity (Wildman–Crippen MR) is 51.2 cm³/mol. The Labute approximate surface area is 80.0 Å². The van der Waals surface area contributed by atoms with E-state index in [1.54, 1.807) is 0 Å². The number of carbonyl (C=O) groups excluding carboxylic acids is 1. The Morgan fingerprint density at radius 1 is 1.38 bits per heavy atom. The Kier molecular flexibility index (Phi) is 9.18. The number of carbonyl (C=O) groups is 1. The Hall–Kier alpha value is -0.520. The molecule has 0 spiro atoms. The van der Waals surface area contributed by atoms with E-state index in [0.717, 1.165) is 12.8 Å². The van der Waals surface area contributed by atoms with Gasteiger partial charge in [0, 0.05) is 0 Å². The summed E-state index contributed by atoms with van der Waals surface area (Å²) in [5, 5.41) is 0. The van der Waals surface area contributed by atoms with Crippen LogP contribution in [0.5, 0.6) is 0 Å². The minimum atomic E-state index is -0.347. The van der Waals surface area contributed by atoms with Crippen molar-refractivity contribution in [3.05, 3.63) is 0 Å². The molecule has 0 saturated carbocycles. The van der Waals surface area contributed by atoms with Crippen LogP contribution in [0.4, 0.5) is 0 Å². The van der Waals surface area contributed by atoms with Crippen molar-refractivity contribution in [3.63, 3.8) is 0 Å². The second-order valence-electron chi connectivity index (χ2n) is 2.71. The molecule has 0 unspecified atom stereocenters. The quantitative estimate of drug-likeness (QED) is 0.378. The van der Waals surface area contributed by atoms with E-state index >= 15 is 0 Å². The molecule has 0 bridgehead atoms. The number of unbranched alkanes of at least 4 members (excludes halogenated alkanes) is 3. The second-order valence-corrected chi connectivity index (χ2v) is 3.21. The molecule has 13 heavy (non-hydrogen) atoms. The summed E-state index contributed by atoms with van der Waals surface area (Å²) in [6, 6.07) is 0. The molecule has 0 radical (unpaired) electrons. The van der Waals surface area contributed by atoms with Gasteiger partial charge in [-0.3, -0.25) is 0 Å². The van der Waals surface area contributed by atoms with Crippen LogP contribution in [0.3, 0.4) is 0 Å². The van der Waals surface area contributed by atoms with Gasteiger partial charge < -0.3 is 0 Å². The topological polar surface area (TPSA) is 43.4 Å². The molecule has 0 heterocycles. The number of hydrogen-bond donors (Lipinski definition) is 0. The number of ether oxygens (including phenoxy) is 1. The third-order valence-electron chi connectivity index (χ3n) is 1.55. The molecule has 0 rings (SSSR count). The summed E-state index contributed by atoms with van der Waals surface area (Å²) in [6.07, 6.45) is 4.37. The first-order chi connectivity index (χ1) is 6.31. The third kappa shape index (κ3) is 9.39. The molecular weight excluding hydrogens is 187 g/mol. The van der Waals surface area contributed by atoms with Crippen molar-refractivity contribution < 1.29 is 14.1 Å². The number of esters is 1. The average molecular weight is 202 g/mol. The summed E-state index contributed by atoms with van der Waals surface area (Å²) in [6.45, 7) is 2.60. The van der Waals surface area contributed by atoms with Crippen LogP contribution in [0.2, 0.25) is 0 Å². The van der Waals surface area contributed by atoms with E-state index < -0.39 is 0 Å². The molecule has 0 aliphatic rings. The molecular formula is C9H15O3P. The Balaban J connectivity index is 3.25. The molecule has 0 saturated heterocycles. The van der Waals surface area contributed by atoms with Crippen molar-refractivity contribution in [2.24, 2.45) is 0 Å². The molecule has 0 amide bonds. The summed E-state index contributed by atoms with van der Waals surface area (Å²) in [7, 11) is -0.234. The van der Waals surface area contributed by atoms with Gasteiger partial charge in [0.25, 0.3) is 0 Å². The Morgan fingerprint density at radius 2 is 2.15 bits per heavy atom. The van der Waals surface area contributed by atoms with Crippen LogP contribution >= 0.6 is 7.92 Å². The normalized spacial score (nSPS) is 9.00. The fourth-order valence-corrected chi connectivity index (χ4v) is 1.06. The molecule has 0 N–H and O–H groups in total. The monoisotopic (exact) mass is 202 g/mol. The molecule has 0 atom stereocenters. The van der Waals surface area contributed by atoms with E-state index in [1.807, 2.05) is 0 Å². The first-order valence-electron chi connectivity index (χ1n) is 4.52. The first kappa shape index (κ1) is 12.5. The molecule has 0 aromatic rings. The zero-order valence-corrected chi connectivity index (χ0v) is 8.81. The van der Waals surface area contributed by atoms with Crippen molar-refractivity contribution in [2.45, 2.75) is 39.0 Å². The summed E-state index contributed by atoms with van der Waals surface area (Å²) in [5.41, 5.74) is 2.34. The molecule has 0 aliphatic carbocycles. The summed E-state index contributed by atoms with van der Waals surface area (Å²) in [5.74, 6) is -0.347. The van der Waals surface area contributed by atoms with Crippen LogP contribution in [-0.2, 0) is 14.1 Å². The molecule has 0 aliphatic heterocycles. The van der Waals surface area contributed by atoms with E-state index in [-0.39, 0.29) is 20.3 Å². The van der Waals surface area contributed by atoms with E-state index in [2.05, 4.69) is 12.6 Å². The minimum absolute atomic E-state index is 0.0127. The van der Waals surface area contributed by atoms with Crippen LogP contribution in [0, 0.1) is 5.63 Å². The zero-order valence-electron chi connectivity index (χ0n) is 7.91. The van der Waals surface area contributed by atoms with Gasteiger partial charge in [-0.05, 0) is 0 Å². The van der Waals surface area contributed by atoms with Crippen LogP contribution < -0.4 is 0 Å². The van der Waals surface area contributed by atoms with Gasteiger partial charge in [0.15, 0.2) is 0 Å². The third-order valence-corrected chi connectivity index (χ3v) is 1.84. The van der Waals surface area contributed by atoms with Crippen LogP contribution in [0.1, 0.15) is 39.0 Å². The standard InChI is InChI=1S/C9H15O3P/c1-2-3-4-5-7-12-9(10)6-8-13-11/h2-7H2,1H3. The fourth-order valence-electron chi connectivity index (χ4n) is 0.863. The maximum atomic E-state index is 10.8. The maximum absolute atomic E-state index is 10.8. The van der Waals surface area contributed by atoms with E-state index in [4.69, 9.17) is 4.74 Å². The molecule has 0 aromatic heterocycles. The van der Waals surface area contributed by atoms with Crippen molar-refractivity contribution in [1.82, 2.24) is 0 Å². The fraction of sp³-hybridized carbons (Fsp3) is 0.778. The SMILES string of the molecule is CCCCCCOC(=O)CC#P=O. The molecule has 0 aromatic carbocycles. The average Bonchev–Trinajstić information content (AvgIpc) is 2.14. The molecule has 4 heteroatoms. The Bertz CT molecular complexity index is 230. The van der Waals surface area contributed by atoms with Gasteiger partial charge in [0.05, 0.1) is 0 Å². The zero-order chi connectivity index (χ0) is 9.94. The van der Waals surface area contributed by atoms with Gasteiger partial charge in [-0.1, -0.05) is 0 Å². The van der Waals surface area contributed by atoms with E-state index in [9.17, 15) is 9.36 Å². The summed E-state index contributed by atoms with van der Waals surface area (Å²) >= 11 is 0.